The van der Waals surface area contributed by atoms with Crippen molar-refractivity contribution in [2.75, 3.05) is 0 Å². The summed E-state index contributed by atoms with van der Waals surface area (Å²) >= 11 is 3.53. The van der Waals surface area contributed by atoms with Crippen molar-refractivity contribution in [2.45, 2.75) is 32.9 Å². The van der Waals surface area contributed by atoms with E-state index in [9.17, 15) is 4.39 Å². The molecule has 19 heavy (non-hydrogen) atoms. The lowest BCUT2D eigenvalue weighted by molar-refractivity contribution is 0.578. The molecule has 0 aliphatic heterocycles. The molecule has 0 fully saturated rings. The maximum absolute atomic E-state index is 13.2. The molecule has 0 bridgehead atoms. The molecular weight excluding hydrogens is 311 g/mol. The summed E-state index contributed by atoms with van der Waals surface area (Å²) in [6, 6.07) is 1.12. The number of hydrogen-bond acceptors (Lipinski definition) is 3. The maximum Gasteiger partial charge on any atom is 0.141 e. The summed E-state index contributed by atoms with van der Waals surface area (Å²) in [6.45, 7) is 4.74. The highest BCUT2D eigenvalue weighted by atomic mass is 79.9. The molecule has 0 aliphatic carbocycles. The van der Waals surface area contributed by atoms with Crippen molar-refractivity contribution in [2.24, 2.45) is 5.73 Å². The summed E-state index contributed by atoms with van der Waals surface area (Å²) < 4.78 is 16.0. The van der Waals surface area contributed by atoms with Crippen LogP contribution in [0.5, 0.6) is 0 Å². The first kappa shape index (κ1) is 14.1. The van der Waals surface area contributed by atoms with Gasteiger partial charge in [-0.3, -0.25) is 9.67 Å². The molecule has 2 heterocycles. The fourth-order valence-electron chi connectivity index (χ4n) is 2.02. The number of halogens is 2. The van der Waals surface area contributed by atoms with Gasteiger partial charge in [0.1, 0.15) is 5.82 Å². The summed E-state index contributed by atoms with van der Waals surface area (Å²) in [5, 5.41) is 4.42. The van der Waals surface area contributed by atoms with E-state index in [2.05, 4.69) is 26.0 Å². The molecule has 2 aromatic rings. The molecule has 0 saturated heterocycles. The van der Waals surface area contributed by atoms with Gasteiger partial charge in [-0.15, -0.1) is 0 Å². The van der Waals surface area contributed by atoms with Gasteiger partial charge in [0.25, 0.3) is 0 Å². The molecule has 0 radical (unpaired) electrons. The monoisotopic (exact) mass is 326 g/mol. The lowest BCUT2D eigenvalue weighted by Crippen LogP contribution is -2.17. The smallest absolute Gasteiger partial charge is 0.141 e. The van der Waals surface area contributed by atoms with E-state index in [0.717, 1.165) is 22.4 Å². The second kappa shape index (κ2) is 5.79. The summed E-state index contributed by atoms with van der Waals surface area (Å²) in [7, 11) is 0. The van der Waals surface area contributed by atoms with Crippen LogP contribution >= 0.6 is 15.9 Å². The fourth-order valence-corrected chi connectivity index (χ4v) is 2.47. The zero-order valence-corrected chi connectivity index (χ0v) is 12.5. The summed E-state index contributed by atoms with van der Waals surface area (Å²) in [4.78, 5) is 3.83. The van der Waals surface area contributed by atoms with Crippen molar-refractivity contribution < 1.29 is 4.39 Å². The van der Waals surface area contributed by atoms with Crippen LogP contribution in [0, 0.1) is 12.7 Å². The Morgan fingerprint density at radius 3 is 2.84 bits per heavy atom. The highest BCUT2D eigenvalue weighted by Crippen LogP contribution is 2.25. The van der Waals surface area contributed by atoms with E-state index >= 15 is 0 Å². The third kappa shape index (κ3) is 3.01. The second-order valence-corrected chi connectivity index (χ2v) is 5.20. The Hall–Kier alpha value is -1.27. The van der Waals surface area contributed by atoms with Crippen LogP contribution in [-0.4, -0.2) is 14.8 Å². The van der Waals surface area contributed by atoms with Crippen LogP contribution < -0.4 is 5.73 Å². The number of pyridine rings is 1. The van der Waals surface area contributed by atoms with Gasteiger partial charge < -0.3 is 5.73 Å². The third-order valence-corrected chi connectivity index (χ3v) is 4.05. The van der Waals surface area contributed by atoms with Gasteiger partial charge >= 0.3 is 0 Å². The third-order valence-electron chi connectivity index (χ3n) is 3.02. The molecule has 1 atom stereocenters. The largest absolute Gasteiger partial charge is 0.324 e. The lowest BCUT2D eigenvalue weighted by Gasteiger charge is -2.13. The zero-order chi connectivity index (χ0) is 14.0. The summed E-state index contributed by atoms with van der Waals surface area (Å²) in [5.74, 6) is -0.368. The molecule has 0 aromatic carbocycles. The predicted octanol–water partition coefficient (Wildman–Crippen LogP) is 2.75. The molecule has 2 aromatic heterocycles. The molecule has 0 amide bonds. The Bertz CT molecular complexity index is 582. The van der Waals surface area contributed by atoms with Crippen molar-refractivity contribution >= 4 is 15.9 Å². The number of nitrogens with two attached hydrogens (primary N) is 1. The van der Waals surface area contributed by atoms with E-state index in [0.29, 0.717) is 12.0 Å². The van der Waals surface area contributed by atoms with Crippen LogP contribution in [0.3, 0.4) is 0 Å². The number of aromatic nitrogens is 3. The van der Waals surface area contributed by atoms with Crippen molar-refractivity contribution in [1.29, 1.82) is 0 Å². The highest BCUT2D eigenvalue weighted by molar-refractivity contribution is 9.10. The first-order chi connectivity index (χ1) is 9.02. The Kier molecular flexibility index (Phi) is 4.31. The molecule has 102 valence electrons. The van der Waals surface area contributed by atoms with Gasteiger partial charge in [-0.25, -0.2) is 4.39 Å². The SMILES string of the molecule is CCn1nc(C)c(Br)c1CC(N)c1cncc(F)c1. The molecule has 4 nitrogen and oxygen atoms in total. The van der Waals surface area contributed by atoms with Gasteiger partial charge in [-0.2, -0.15) is 5.10 Å². The molecule has 0 aliphatic rings. The first-order valence-electron chi connectivity index (χ1n) is 6.10. The van der Waals surface area contributed by atoms with Gasteiger partial charge in [0.15, 0.2) is 0 Å². The minimum Gasteiger partial charge on any atom is -0.324 e. The van der Waals surface area contributed by atoms with E-state index in [4.69, 9.17) is 5.73 Å². The Labute approximate surface area is 120 Å². The fraction of sp³-hybridized carbons (Fsp3) is 0.385. The van der Waals surface area contributed by atoms with E-state index in [1.54, 1.807) is 6.20 Å². The number of rotatable bonds is 4. The van der Waals surface area contributed by atoms with Crippen LogP contribution in [0.1, 0.15) is 29.9 Å². The first-order valence-corrected chi connectivity index (χ1v) is 6.90. The molecule has 2 N–H and O–H groups in total. The zero-order valence-electron chi connectivity index (χ0n) is 10.9. The second-order valence-electron chi connectivity index (χ2n) is 4.41. The minimum atomic E-state index is -0.368. The minimum absolute atomic E-state index is 0.305. The number of nitrogens with zero attached hydrogens (tertiary/aromatic N) is 3. The molecule has 2 rings (SSSR count). The van der Waals surface area contributed by atoms with Crippen molar-refractivity contribution in [3.63, 3.8) is 0 Å². The average Bonchev–Trinajstić information content (AvgIpc) is 2.66. The van der Waals surface area contributed by atoms with Gasteiger partial charge in [0.05, 0.1) is 22.1 Å². The molecule has 0 saturated carbocycles. The van der Waals surface area contributed by atoms with Crippen molar-refractivity contribution in [3.8, 4) is 0 Å². The molecule has 1 unspecified atom stereocenters. The van der Waals surface area contributed by atoms with E-state index in [1.165, 1.54) is 12.3 Å². The van der Waals surface area contributed by atoms with Crippen LogP contribution in [-0.2, 0) is 13.0 Å². The van der Waals surface area contributed by atoms with Crippen LogP contribution in [0.15, 0.2) is 22.9 Å². The molecule has 0 spiro atoms. The van der Waals surface area contributed by atoms with Gasteiger partial charge in [-0.05, 0) is 41.4 Å². The molecular formula is C13H16BrFN4. The quantitative estimate of drug-likeness (QED) is 0.939. The maximum atomic E-state index is 13.2. The van der Waals surface area contributed by atoms with Gasteiger partial charge in [-0.1, -0.05) is 0 Å². The van der Waals surface area contributed by atoms with Crippen LogP contribution in [0.25, 0.3) is 0 Å². The van der Waals surface area contributed by atoms with Crippen LogP contribution in [0.4, 0.5) is 4.39 Å². The van der Waals surface area contributed by atoms with E-state index in [1.807, 2.05) is 18.5 Å². The van der Waals surface area contributed by atoms with Crippen molar-refractivity contribution in [3.05, 3.63) is 45.7 Å². The summed E-state index contributed by atoms with van der Waals surface area (Å²) in [6.07, 6.45) is 3.36. The van der Waals surface area contributed by atoms with Gasteiger partial charge in [0.2, 0.25) is 0 Å². The van der Waals surface area contributed by atoms with Gasteiger partial charge in [0, 0.05) is 25.2 Å². The van der Waals surface area contributed by atoms with Crippen molar-refractivity contribution in [1.82, 2.24) is 14.8 Å². The predicted molar refractivity (Wildman–Crippen MR) is 75.2 cm³/mol. The molecule has 6 heteroatoms. The lowest BCUT2D eigenvalue weighted by atomic mass is 10.0. The highest BCUT2D eigenvalue weighted by Gasteiger charge is 2.17. The average molecular weight is 327 g/mol. The standard InChI is InChI=1S/C13H16BrFN4/c1-3-19-12(13(14)8(2)18-19)5-11(16)9-4-10(15)7-17-6-9/h4,6-7,11H,3,5,16H2,1-2H3. The Morgan fingerprint density at radius 2 is 2.21 bits per heavy atom. The number of hydrogen-bond donors (Lipinski definition) is 1. The van der Waals surface area contributed by atoms with E-state index in [-0.39, 0.29) is 11.9 Å². The van der Waals surface area contributed by atoms with Crippen LogP contribution in [0.2, 0.25) is 0 Å². The Morgan fingerprint density at radius 1 is 1.47 bits per heavy atom. The normalized spacial score (nSPS) is 12.7. The topological polar surface area (TPSA) is 56.7 Å². The Balaban J connectivity index is 2.26. The van der Waals surface area contributed by atoms with E-state index < -0.39 is 0 Å². The summed E-state index contributed by atoms with van der Waals surface area (Å²) in [5.41, 5.74) is 8.77. The number of aryl methyl sites for hydroxylation is 2.